The summed E-state index contributed by atoms with van der Waals surface area (Å²) in [5.41, 5.74) is 4.02. The van der Waals surface area contributed by atoms with Gasteiger partial charge in [-0.25, -0.2) is 0 Å². The van der Waals surface area contributed by atoms with Crippen LogP contribution in [0, 0.1) is 0 Å². The number of allylic oxidation sites excluding steroid dienone is 2. The first kappa shape index (κ1) is 20.3. The fourth-order valence-corrected chi connectivity index (χ4v) is 2.57. The lowest BCUT2D eigenvalue weighted by Gasteiger charge is -2.33. The van der Waals surface area contributed by atoms with Gasteiger partial charge in [0, 0.05) is 12.8 Å². The molecule has 1 rings (SSSR count). The van der Waals surface area contributed by atoms with E-state index >= 15 is 0 Å². The molecule has 0 heterocycles. The molecule has 0 radical (unpaired) electrons. The molecule has 134 valence electrons. The molecule has 0 aliphatic heterocycles. The van der Waals surface area contributed by atoms with E-state index in [1.165, 1.54) is 0 Å². The Morgan fingerprint density at radius 2 is 2.00 bits per heavy atom. The largest absolute Gasteiger partial charge is 0.358 e. The molecule has 2 unspecified atom stereocenters. The maximum Gasteiger partial charge on any atom is 0.274 e. The van der Waals surface area contributed by atoms with Crippen molar-refractivity contribution in [2.24, 2.45) is 0 Å². The number of carbonyl (C=O) groups excluding carboxylic acids is 2. The quantitative estimate of drug-likeness (QED) is 0.483. The van der Waals surface area contributed by atoms with E-state index in [2.05, 4.69) is 23.1 Å². The van der Waals surface area contributed by atoms with Crippen LogP contribution in [0.3, 0.4) is 0 Å². The average molecular weight is 353 g/mol. The van der Waals surface area contributed by atoms with Gasteiger partial charge in [-0.1, -0.05) is 38.5 Å². The van der Waals surface area contributed by atoms with Gasteiger partial charge in [-0.05, 0) is 38.1 Å². The fraction of sp³-hybridized carbons (Fsp3) is 0.588. The van der Waals surface area contributed by atoms with Crippen LogP contribution < -0.4 is 16.2 Å². The lowest BCUT2D eigenvalue weighted by molar-refractivity contribution is -0.147. The van der Waals surface area contributed by atoms with Crippen LogP contribution in [-0.2, 0) is 14.3 Å². The van der Waals surface area contributed by atoms with Gasteiger partial charge in [-0.2, -0.15) is 0 Å². The second-order valence-electron chi connectivity index (χ2n) is 5.80. The van der Waals surface area contributed by atoms with Gasteiger partial charge >= 0.3 is 0 Å². The predicted octanol–water partition coefficient (Wildman–Crippen LogP) is 2.27. The van der Waals surface area contributed by atoms with Crippen LogP contribution in [0.5, 0.6) is 0 Å². The molecule has 24 heavy (non-hydrogen) atoms. The van der Waals surface area contributed by atoms with Crippen LogP contribution >= 0.6 is 12.2 Å². The van der Waals surface area contributed by atoms with Crippen molar-refractivity contribution in [2.75, 3.05) is 0 Å². The van der Waals surface area contributed by atoms with Crippen molar-refractivity contribution in [3.63, 3.8) is 0 Å². The molecule has 7 heteroatoms. The Hall–Kier alpha value is -1.73. The van der Waals surface area contributed by atoms with Crippen molar-refractivity contribution < 1.29 is 14.3 Å². The van der Waals surface area contributed by atoms with Gasteiger partial charge in [0.1, 0.15) is 0 Å². The molecule has 0 spiro atoms. The number of ether oxygens (including phenoxy) is 1. The molecule has 1 aliphatic carbocycles. The van der Waals surface area contributed by atoms with Crippen LogP contribution in [0.4, 0.5) is 0 Å². The number of carbonyl (C=O) groups is 2. The Labute approximate surface area is 149 Å². The Kier molecular flexibility index (Phi) is 8.63. The molecule has 0 saturated carbocycles. The number of amides is 2. The van der Waals surface area contributed by atoms with Gasteiger partial charge in [0.2, 0.25) is 5.91 Å². The third kappa shape index (κ3) is 6.41. The standard InChI is InChI=1S/C17H27N3O3S/c1-4-9-13(3)23-17(11-7-6-8-12-17)15(22)19-20-16(24)18-14(21)10-5-2/h6-8,11,13H,4-5,9-10,12H2,1-3H3,(H,19,22)(H2,18,20,21,24). The van der Waals surface area contributed by atoms with Crippen LogP contribution in [-0.4, -0.2) is 28.6 Å². The van der Waals surface area contributed by atoms with Gasteiger partial charge < -0.3 is 10.1 Å². The molecule has 2 amide bonds. The van der Waals surface area contributed by atoms with Crippen LogP contribution in [0.25, 0.3) is 0 Å². The maximum atomic E-state index is 12.6. The van der Waals surface area contributed by atoms with E-state index in [0.29, 0.717) is 12.8 Å². The Bertz CT molecular complexity index is 519. The number of hydrogen-bond acceptors (Lipinski definition) is 4. The monoisotopic (exact) mass is 353 g/mol. The van der Waals surface area contributed by atoms with E-state index in [1.54, 1.807) is 12.2 Å². The van der Waals surface area contributed by atoms with Crippen LogP contribution in [0.2, 0.25) is 0 Å². The van der Waals surface area contributed by atoms with Crippen molar-refractivity contribution in [3.8, 4) is 0 Å². The SMILES string of the molecule is CCCC(=O)NC(=S)NNC(=O)C1(OC(C)CCC)C=CC=CC1. The molecule has 0 bridgehead atoms. The smallest absolute Gasteiger partial charge is 0.274 e. The van der Waals surface area contributed by atoms with Gasteiger partial charge in [-0.3, -0.25) is 20.4 Å². The van der Waals surface area contributed by atoms with Gasteiger partial charge in [0.05, 0.1) is 6.10 Å². The molecule has 0 fully saturated rings. The summed E-state index contributed by atoms with van der Waals surface area (Å²) < 4.78 is 6.01. The normalized spacial score (nSPS) is 20.3. The Morgan fingerprint density at radius 1 is 1.25 bits per heavy atom. The first-order valence-electron chi connectivity index (χ1n) is 8.36. The summed E-state index contributed by atoms with van der Waals surface area (Å²) in [6, 6.07) is 0. The molecule has 6 nitrogen and oxygen atoms in total. The Morgan fingerprint density at radius 3 is 2.58 bits per heavy atom. The summed E-state index contributed by atoms with van der Waals surface area (Å²) >= 11 is 5.00. The van der Waals surface area contributed by atoms with Crippen molar-refractivity contribution in [3.05, 3.63) is 24.3 Å². The Balaban J connectivity index is 2.62. The highest BCUT2D eigenvalue weighted by molar-refractivity contribution is 7.80. The van der Waals surface area contributed by atoms with Gasteiger partial charge in [0.15, 0.2) is 10.7 Å². The summed E-state index contributed by atoms with van der Waals surface area (Å²) in [5.74, 6) is -0.537. The van der Waals surface area contributed by atoms with E-state index in [4.69, 9.17) is 17.0 Å². The summed E-state index contributed by atoms with van der Waals surface area (Å²) in [4.78, 5) is 24.1. The van der Waals surface area contributed by atoms with Crippen LogP contribution in [0.1, 0.15) is 52.9 Å². The number of nitrogens with one attached hydrogen (secondary N) is 3. The third-order valence-electron chi connectivity index (χ3n) is 3.54. The summed E-state index contributed by atoms with van der Waals surface area (Å²) in [7, 11) is 0. The van der Waals surface area contributed by atoms with E-state index in [1.807, 2.05) is 26.0 Å². The van der Waals surface area contributed by atoms with Crippen molar-refractivity contribution in [2.45, 2.75) is 64.6 Å². The minimum atomic E-state index is -1.07. The number of thiocarbonyl (C=S) groups is 1. The molecule has 1 aliphatic rings. The van der Waals surface area contributed by atoms with E-state index < -0.39 is 5.60 Å². The zero-order valence-corrected chi connectivity index (χ0v) is 15.4. The molecule has 0 saturated heterocycles. The summed E-state index contributed by atoms with van der Waals surface area (Å²) in [6.45, 7) is 5.93. The zero-order valence-electron chi connectivity index (χ0n) is 14.6. The molecule has 2 atom stereocenters. The first-order valence-corrected chi connectivity index (χ1v) is 8.76. The summed E-state index contributed by atoms with van der Waals surface area (Å²) in [5, 5.41) is 2.57. The molecule has 0 aromatic carbocycles. The lowest BCUT2D eigenvalue weighted by atomic mass is 9.93. The first-order chi connectivity index (χ1) is 11.4. The second-order valence-corrected chi connectivity index (χ2v) is 6.21. The predicted molar refractivity (Wildman–Crippen MR) is 98.0 cm³/mol. The molecular formula is C17H27N3O3S. The van der Waals surface area contributed by atoms with Gasteiger partial charge in [0.25, 0.3) is 5.91 Å². The topological polar surface area (TPSA) is 79.5 Å². The van der Waals surface area contributed by atoms with Crippen molar-refractivity contribution >= 4 is 29.1 Å². The third-order valence-corrected chi connectivity index (χ3v) is 3.75. The lowest BCUT2D eigenvalue weighted by Crippen LogP contribution is -2.56. The minimum absolute atomic E-state index is 0.0480. The molecule has 0 aromatic rings. The van der Waals surface area contributed by atoms with E-state index in [-0.39, 0.29) is 23.0 Å². The highest BCUT2D eigenvalue weighted by Gasteiger charge is 2.38. The highest BCUT2D eigenvalue weighted by Crippen LogP contribution is 2.25. The van der Waals surface area contributed by atoms with E-state index in [0.717, 1.165) is 19.3 Å². The highest BCUT2D eigenvalue weighted by atomic mass is 32.1. The van der Waals surface area contributed by atoms with Crippen molar-refractivity contribution in [1.82, 2.24) is 16.2 Å². The molecule has 0 aromatic heterocycles. The second kappa shape index (κ2) is 10.2. The van der Waals surface area contributed by atoms with Crippen molar-refractivity contribution in [1.29, 1.82) is 0 Å². The van der Waals surface area contributed by atoms with E-state index in [9.17, 15) is 9.59 Å². The number of hydrogen-bond donors (Lipinski definition) is 3. The zero-order chi connectivity index (χ0) is 18.0. The fourth-order valence-electron chi connectivity index (χ4n) is 2.40. The molecular weight excluding hydrogens is 326 g/mol. The molecule has 3 N–H and O–H groups in total. The minimum Gasteiger partial charge on any atom is -0.358 e. The van der Waals surface area contributed by atoms with Crippen LogP contribution in [0.15, 0.2) is 24.3 Å². The number of hydrazine groups is 1. The summed E-state index contributed by atoms with van der Waals surface area (Å²) in [6.07, 6.45) is 10.7. The average Bonchev–Trinajstić information content (AvgIpc) is 2.53. The van der Waals surface area contributed by atoms with Gasteiger partial charge in [-0.15, -0.1) is 0 Å². The number of rotatable bonds is 7. The maximum absolute atomic E-state index is 12.6.